The summed E-state index contributed by atoms with van der Waals surface area (Å²) < 4.78 is 0. The number of carboxylic acids is 1. The van der Waals surface area contributed by atoms with Crippen LogP contribution in [0.3, 0.4) is 0 Å². The van der Waals surface area contributed by atoms with Gasteiger partial charge in [0.2, 0.25) is 0 Å². The molecular weight excluding hydrogens is 268 g/mol. The lowest BCUT2D eigenvalue weighted by Crippen LogP contribution is -2.05. The van der Waals surface area contributed by atoms with Gasteiger partial charge in [0.15, 0.2) is 0 Å². The summed E-state index contributed by atoms with van der Waals surface area (Å²) in [5.74, 6) is -1.51. The Morgan fingerprint density at radius 3 is 2.43 bits per heavy atom. The van der Waals surface area contributed by atoms with Crippen LogP contribution in [0.4, 0.5) is 0 Å². The highest BCUT2D eigenvalue weighted by Crippen LogP contribution is 2.35. The van der Waals surface area contributed by atoms with Crippen molar-refractivity contribution in [2.75, 3.05) is 0 Å². The van der Waals surface area contributed by atoms with Gasteiger partial charge in [-0.05, 0) is 44.7 Å². The normalized spacial score (nSPS) is 10.4. The zero-order valence-corrected chi connectivity index (χ0v) is 12.9. The second-order valence-electron chi connectivity index (χ2n) is 5.50. The van der Waals surface area contributed by atoms with Crippen molar-refractivity contribution in [2.45, 2.75) is 52.9 Å². The van der Waals surface area contributed by atoms with Gasteiger partial charge in [-0.3, -0.25) is 0 Å². The summed E-state index contributed by atoms with van der Waals surface area (Å²) in [6, 6.07) is 1.48. The molecule has 0 spiro atoms. The number of phenolic OH excluding ortho intramolecular Hbond substituents is 1. The molecule has 4 nitrogen and oxygen atoms in total. The van der Waals surface area contributed by atoms with Gasteiger partial charge in [-0.15, -0.1) is 0 Å². The lowest BCUT2D eigenvalue weighted by atomic mass is 9.95. The number of aromatic carboxylic acids is 1. The second kappa shape index (κ2) is 7.72. The summed E-state index contributed by atoms with van der Waals surface area (Å²) in [6.07, 6.45) is 5.55. The van der Waals surface area contributed by atoms with Gasteiger partial charge in [0.05, 0.1) is 0 Å². The maximum atomic E-state index is 11.4. The standard InChI is InChI=1S/C17H24O4/c1-4-5-6-7-12-10-14(18)13(9-8-11(2)3)16(19)15(12)17(20)21/h8,10,18-19H,4-7,9H2,1-3H3,(H,20,21). The first-order valence-corrected chi connectivity index (χ1v) is 7.31. The van der Waals surface area contributed by atoms with Gasteiger partial charge in [-0.1, -0.05) is 31.4 Å². The van der Waals surface area contributed by atoms with Gasteiger partial charge in [0.25, 0.3) is 0 Å². The highest BCUT2D eigenvalue weighted by atomic mass is 16.4. The first-order valence-electron chi connectivity index (χ1n) is 7.31. The van der Waals surface area contributed by atoms with Crippen LogP contribution in [0.5, 0.6) is 11.5 Å². The Morgan fingerprint density at radius 1 is 1.24 bits per heavy atom. The number of carboxylic acid groups (broad SMARTS) is 1. The summed E-state index contributed by atoms with van der Waals surface area (Å²) >= 11 is 0. The highest BCUT2D eigenvalue weighted by molar-refractivity contribution is 5.93. The zero-order valence-electron chi connectivity index (χ0n) is 12.9. The lowest BCUT2D eigenvalue weighted by Gasteiger charge is -2.13. The van der Waals surface area contributed by atoms with Gasteiger partial charge in [0, 0.05) is 5.56 Å². The first-order chi connectivity index (χ1) is 9.88. The zero-order chi connectivity index (χ0) is 16.0. The van der Waals surface area contributed by atoms with Crippen molar-refractivity contribution < 1.29 is 20.1 Å². The number of hydrogen-bond donors (Lipinski definition) is 3. The Kier molecular flexibility index (Phi) is 6.28. The molecular formula is C17H24O4. The number of phenols is 2. The quantitative estimate of drug-likeness (QED) is 0.523. The van der Waals surface area contributed by atoms with Crippen LogP contribution in [0.2, 0.25) is 0 Å². The molecule has 0 aromatic heterocycles. The molecule has 0 saturated carbocycles. The number of benzene rings is 1. The topological polar surface area (TPSA) is 77.8 Å². The number of hydrogen-bond acceptors (Lipinski definition) is 3. The van der Waals surface area contributed by atoms with Crippen LogP contribution in [-0.2, 0) is 12.8 Å². The maximum absolute atomic E-state index is 11.4. The van der Waals surface area contributed by atoms with Crippen molar-refractivity contribution in [2.24, 2.45) is 0 Å². The predicted molar refractivity (Wildman–Crippen MR) is 83.1 cm³/mol. The molecule has 0 bridgehead atoms. The second-order valence-corrected chi connectivity index (χ2v) is 5.50. The molecule has 0 aliphatic rings. The van der Waals surface area contributed by atoms with E-state index in [0.717, 1.165) is 24.8 Å². The molecule has 21 heavy (non-hydrogen) atoms. The van der Waals surface area contributed by atoms with Gasteiger partial charge in [-0.2, -0.15) is 0 Å². The molecule has 0 saturated heterocycles. The van der Waals surface area contributed by atoms with Gasteiger partial charge in [0.1, 0.15) is 17.1 Å². The lowest BCUT2D eigenvalue weighted by molar-refractivity contribution is 0.0692. The molecule has 1 aromatic rings. The van der Waals surface area contributed by atoms with Crippen LogP contribution in [0.25, 0.3) is 0 Å². The minimum atomic E-state index is -1.16. The fourth-order valence-electron chi connectivity index (χ4n) is 2.26. The Morgan fingerprint density at radius 2 is 1.90 bits per heavy atom. The Balaban J connectivity index is 3.23. The number of allylic oxidation sites excluding steroid dienone is 2. The summed E-state index contributed by atoms with van der Waals surface area (Å²) in [5.41, 5.74) is 1.72. The molecule has 0 aliphatic heterocycles. The van der Waals surface area contributed by atoms with Crippen molar-refractivity contribution in [1.29, 1.82) is 0 Å². The molecule has 0 unspecified atom stereocenters. The smallest absolute Gasteiger partial charge is 0.339 e. The van der Waals surface area contributed by atoms with Crippen LogP contribution in [0.15, 0.2) is 17.7 Å². The largest absolute Gasteiger partial charge is 0.508 e. The van der Waals surface area contributed by atoms with Crippen LogP contribution in [0, 0.1) is 0 Å². The Labute approximate surface area is 125 Å². The highest BCUT2D eigenvalue weighted by Gasteiger charge is 2.21. The van der Waals surface area contributed by atoms with Gasteiger partial charge in [-0.25, -0.2) is 4.79 Å². The minimum Gasteiger partial charge on any atom is -0.508 e. The van der Waals surface area contributed by atoms with Crippen LogP contribution >= 0.6 is 0 Å². The van der Waals surface area contributed by atoms with E-state index in [2.05, 4.69) is 6.92 Å². The van der Waals surface area contributed by atoms with Gasteiger partial charge >= 0.3 is 5.97 Å². The molecule has 1 rings (SSSR count). The molecule has 116 valence electrons. The molecule has 0 aliphatic carbocycles. The van der Waals surface area contributed by atoms with E-state index in [1.807, 2.05) is 19.9 Å². The molecule has 0 radical (unpaired) electrons. The van der Waals surface area contributed by atoms with E-state index in [-0.39, 0.29) is 22.6 Å². The number of aryl methyl sites for hydroxylation is 1. The van der Waals surface area contributed by atoms with E-state index in [4.69, 9.17) is 0 Å². The number of rotatable bonds is 7. The molecule has 0 heterocycles. The van der Waals surface area contributed by atoms with Crippen molar-refractivity contribution in [3.05, 3.63) is 34.4 Å². The average Bonchev–Trinajstić information content (AvgIpc) is 2.37. The molecule has 4 heteroatoms. The third-order valence-corrected chi connectivity index (χ3v) is 3.44. The van der Waals surface area contributed by atoms with Crippen LogP contribution in [-0.4, -0.2) is 21.3 Å². The third kappa shape index (κ3) is 4.52. The van der Waals surface area contributed by atoms with E-state index in [9.17, 15) is 20.1 Å². The van der Waals surface area contributed by atoms with Gasteiger partial charge < -0.3 is 15.3 Å². The Hall–Kier alpha value is -1.97. The molecule has 0 fully saturated rings. The van der Waals surface area contributed by atoms with E-state index < -0.39 is 5.97 Å². The van der Waals surface area contributed by atoms with E-state index in [1.54, 1.807) is 0 Å². The fraction of sp³-hybridized carbons (Fsp3) is 0.471. The monoisotopic (exact) mass is 292 g/mol. The van der Waals surface area contributed by atoms with Crippen LogP contribution in [0.1, 0.15) is 61.5 Å². The maximum Gasteiger partial charge on any atom is 0.339 e. The van der Waals surface area contributed by atoms with E-state index in [1.165, 1.54) is 6.07 Å². The summed E-state index contributed by atoms with van der Waals surface area (Å²) in [7, 11) is 0. The van der Waals surface area contributed by atoms with E-state index >= 15 is 0 Å². The summed E-state index contributed by atoms with van der Waals surface area (Å²) in [6.45, 7) is 5.88. The summed E-state index contributed by atoms with van der Waals surface area (Å²) in [5, 5.41) is 29.6. The van der Waals surface area contributed by atoms with Crippen molar-refractivity contribution >= 4 is 5.97 Å². The predicted octanol–water partition coefficient (Wildman–Crippen LogP) is 4.04. The number of carbonyl (C=O) groups is 1. The summed E-state index contributed by atoms with van der Waals surface area (Å²) in [4.78, 5) is 11.4. The number of unbranched alkanes of at least 4 members (excludes halogenated alkanes) is 2. The molecule has 0 amide bonds. The molecule has 1 aromatic carbocycles. The SMILES string of the molecule is CCCCCc1cc(O)c(CC=C(C)C)c(O)c1C(=O)O. The van der Waals surface area contributed by atoms with Crippen molar-refractivity contribution in [1.82, 2.24) is 0 Å². The third-order valence-electron chi connectivity index (χ3n) is 3.44. The number of aromatic hydroxyl groups is 2. The average molecular weight is 292 g/mol. The van der Waals surface area contributed by atoms with E-state index in [0.29, 0.717) is 18.4 Å². The van der Waals surface area contributed by atoms with Crippen molar-refractivity contribution in [3.8, 4) is 11.5 Å². The molecule has 3 N–H and O–H groups in total. The van der Waals surface area contributed by atoms with Crippen LogP contribution < -0.4 is 0 Å². The fourth-order valence-corrected chi connectivity index (χ4v) is 2.26. The minimum absolute atomic E-state index is 0.0403. The Bertz CT molecular complexity index is 540. The van der Waals surface area contributed by atoms with Crippen molar-refractivity contribution in [3.63, 3.8) is 0 Å². The first kappa shape index (κ1) is 17.1. The molecule has 0 atom stereocenters.